The van der Waals surface area contributed by atoms with E-state index in [1.807, 2.05) is 18.5 Å². The van der Waals surface area contributed by atoms with Crippen molar-refractivity contribution < 1.29 is 0 Å². The fourth-order valence-corrected chi connectivity index (χ4v) is 4.84. The Morgan fingerprint density at radius 1 is 1.29 bits per heavy atom. The maximum atomic E-state index is 6.01. The number of hydrogen-bond donors (Lipinski definition) is 2. The minimum Gasteiger partial charge on any atom is -0.354 e. The fourth-order valence-electron chi connectivity index (χ4n) is 4.84. The molecule has 1 aliphatic heterocycles. The lowest BCUT2D eigenvalue weighted by Crippen LogP contribution is -2.29. The van der Waals surface area contributed by atoms with Crippen LogP contribution in [0.2, 0.25) is 0 Å². The van der Waals surface area contributed by atoms with Gasteiger partial charge in [0.05, 0.1) is 23.6 Å². The summed E-state index contributed by atoms with van der Waals surface area (Å²) in [7, 11) is 0. The number of aromatic nitrogens is 4. The lowest BCUT2D eigenvalue weighted by Gasteiger charge is -2.32. The molecule has 2 unspecified atom stereocenters. The quantitative estimate of drug-likeness (QED) is 0.767. The first kappa shape index (κ1) is 19.1. The van der Waals surface area contributed by atoms with Crippen LogP contribution in [0.5, 0.6) is 0 Å². The third-order valence-electron chi connectivity index (χ3n) is 6.60. The molecule has 1 aliphatic carbocycles. The van der Waals surface area contributed by atoms with Crippen LogP contribution >= 0.6 is 0 Å². The first-order valence-electron chi connectivity index (χ1n) is 10.6. The lowest BCUT2D eigenvalue weighted by molar-refractivity contribution is 0.325. The normalized spacial score (nSPS) is 27.5. The average molecular weight is 381 g/mol. The molecule has 2 aromatic rings. The van der Waals surface area contributed by atoms with Gasteiger partial charge in [-0.1, -0.05) is 19.1 Å². The molecule has 3 N–H and O–H groups in total. The molecule has 0 aromatic carbocycles. The van der Waals surface area contributed by atoms with Gasteiger partial charge in [0.2, 0.25) is 5.95 Å². The van der Waals surface area contributed by atoms with E-state index in [4.69, 9.17) is 10.7 Å². The molecular weight excluding hydrogens is 348 g/mol. The zero-order chi connectivity index (χ0) is 19.7. The maximum Gasteiger partial charge on any atom is 0.223 e. The molecule has 1 fully saturated rings. The Kier molecular flexibility index (Phi) is 5.49. The Morgan fingerprint density at radius 2 is 2.07 bits per heavy atom. The fraction of sp³-hybridized carbons (Fsp3) is 0.591. The largest absolute Gasteiger partial charge is 0.354 e. The number of hydrogen-bond acceptors (Lipinski definition) is 5. The average Bonchev–Trinajstić information content (AvgIpc) is 3.12. The Labute approximate surface area is 167 Å². The molecule has 4 rings (SSSR count). The van der Waals surface area contributed by atoms with E-state index in [-0.39, 0.29) is 0 Å². The molecule has 3 heterocycles. The number of rotatable bonds is 5. The molecule has 0 amide bonds. The first-order chi connectivity index (χ1) is 13.6. The highest BCUT2D eigenvalue weighted by molar-refractivity contribution is 5.63. The van der Waals surface area contributed by atoms with Crippen molar-refractivity contribution in [3.63, 3.8) is 0 Å². The summed E-state index contributed by atoms with van der Waals surface area (Å²) in [5, 5.41) is 8.12. The number of nitrogens with zero attached hydrogens (tertiary/aromatic N) is 4. The van der Waals surface area contributed by atoms with E-state index in [1.54, 1.807) is 0 Å². The van der Waals surface area contributed by atoms with Crippen molar-refractivity contribution in [2.24, 2.45) is 17.6 Å². The predicted octanol–water partition coefficient (Wildman–Crippen LogP) is 3.97. The van der Waals surface area contributed by atoms with Gasteiger partial charge in [0, 0.05) is 36.7 Å². The number of anilines is 1. The molecular formula is C22H32N6. The molecule has 0 bridgehead atoms. The number of fused-ring (bicyclic) bond motifs is 1. The van der Waals surface area contributed by atoms with Crippen LogP contribution in [0.1, 0.15) is 57.7 Å². The highest BCUT2D eigenvalue weighted by atomic mass is 15.3. The third kappa shape index (κ3) is 3.70. The van der Waals surface area contributed by atoms with Crippen molar-refractivity contribution in [1.29, 1.82) is 0 Å². The second-order valence-corrected chi connectivity index (χ2v) is 8.47. The van der Waals surface area contributed by atoms with Gasteiger partial charge in [0.15, 0.2) is 0 Å². The monoisotopic (exact) mass is 380 g/mol. The van der Waals surface area contributed by atoms with Crippen LogP contribution < -0.4 is 11.1 Å². The number of allylic oxidation sites excluding steroid dienone is 1. The minimum atomic E-state index is 0.340. The van der Waals surface area contributed by atoms with E-state index in [1.165, 1.54) is 24.1 Å². The van der Waals surface area contributed by atoms with Gasteiger partial charge in [-0.3, -0.25) is 4.68 Å². The zero-order valence-corrected chi connectivity index (χ0v) is 17.1. The Morgan fingerprint density at radius 3 is 2.82 bits per heavy atom. The Hall–Kier alpha value is -2.21. The van der Waals surface area contributed by atoms with Gasteiger partial charge in [-0.25, -0.2) is 9.97 Å². The highest BCUT2D eigenvalue weighted by Gasteiger charge is 2.30. The Bertz CT molecular complexity index is 833. The second-order valence-electron chi connectivity index (χ2n) is 8.47. The standard InChI is InChI=1S/C22H32N6/c1-4-18-14(2)11-21-19(13-26-28(21)15(18)3)20-9-10-24-22(27-20)25-12-16-5-7-17(23)8-6-16/h9-10,13,15-18H,2,4-8,11-12,23H2,1,3H3,(H,24,25,27). The van der Waals surface area contributed by atoms with Crippen molar-refractivity contribution in [3.8, 4) is 11.3 Å². The summed E-state index contributed by atoms with van der Waals surface area (Å²) in [5.41, 5.74) is 10.5. The van der Waals surface area contributed by atoms with E-state index in [9.17, 15) is 0 Å². The summed E-state index contributed by atoms with van der Waals surface area (Å²) in [4.78, 5) is 9.21. The minimum absolute atomic E-state index is 0.340. The Balaban J connectivity index is 1.50. The summed E-state index contributed by atoms with van der Waals surface area (Å²) >= 11 is 0. The topological polar surface area (TPSA) is 81.7 Å². The van der Waals surface area contributed by atoms with Gasteiger partial charge < -0.3 is 11.1 Å². The van der Waals surface area contributed by atoms with Crippen molar-refractivity contribution >= 4 is 5.95 Å². The van der Waals surface area contributed by atoms with Crippen LogP contribution in [0.3, 0.4) is 0 Å². The molecule has 28 heavy (non-hydrogen) atoms. The van der Waals surface area contributed by atoms with E-state index >= 15 is 0 Å². The smallest absolute Gasteiger partial charge is 0.223 e. The molecule has 0 spiro atoms. The van der Waals surface area contributed by atoms with E-state index in [2.05, 4.69) is 40.5 Å². The summed E-state index contributed by atoms with van der Waals surface area (Å²) in [6, 6.07) is 2.70. The van der Waals surface area contributed by atoms with Crippen LogP contribution in [-0.4, -0.2) is 32.3 Å². The second kappa shape index (κ2) is 8.03. The molecule has 2 atom stereocenters. The summed E-state index contributed by atoms with van der Waals surface area (Å²) < 4.78 is 2.17. The van der Waals surface area contributed by atoms with Crippen LogP contribution in [0.4, 0.5) is 5.95 Å². The van der Waals surface area contributed by atoms with Crippen molar-refractivity contribution in [2.45, 2.75) is 64.5 Å². The van der Waals surface area contributed by atoms with Crippen molar-refractivity contribution in [1.82, 2.24) is 19.7 Å². The van der Waals surface area contributed by atoms with E-state index in [0.29, 0.717) is 29.9 Å². The molecule has 2 aromatic heterocycles. The summed E-state index contributed by atoms with van der Waals surface area (Å²) in [5.74, 6) is 1.85. The van der Waals surface area contributed by atoms with Gasteiger partial charge in [-0.2, -0.15) is 5.10 Å². The van der Waals surface area contributed by atoms with Crippen LogP contribution in [0, 0.1) is 11.8 Å². The number of nitrogens with two attached hydrogens (primary N) is 1. The molecule has 2 aliphatic rings. The van der Waals surface area contributed by atoms with Gasteiger partial charge in [-0.15, -0.1) is 0 Å². The first-order valence-corrected chi connectivity index (χ1v) is 10.6. The van der Waals surface area contributed by atoms with E-state index < -0.39 is 0 Å². The summed E-state index contributed by atoms with van der Waals surface area (Å²) in [6.45, 7) is 9.71. The molecule has 0 radical (unpaired) electrons. The van der Waals surface area contributed by atoms with Crippen molar-refractivity contribution in [3.05, 3.63) is 36.3 Å². The van der Waals surface area contributed by atoms with Crippen LogP contribution in [-0.2, 0) is 6.42 Å². The van der Waals surface area contributed by atoms with Gasteiger partial charge in [0.1, 0.15) is 0 Å². The molecule has 6 nitrogen and oxygen atoms in total. The van der Waals surface area contributed by atoms with E-state index in [0.717, 1.165) is 43.5 Å². The predicted molar refractivity (Wildman–Crippen MR) is 113 cm³/mol. The third-order valence-corrected chi connectivity index (χ3v) is 6.60. The van der Waals surface area contributed by atoms with Crippen LogP contribution in [0.25, 0.3) is 11.3 Å². The molecule has 6 heteroatoms. The molecule has 0 saturated heterocycles. The zero-order valence-electron chi connectivity index (χ0n) is 17.1. The maximum absolute atomic E-state index is 6.01. The molecule has 1 saturated carbocycles. The van der Waals surface area contributed by atoms with Gasteiger partial charge in [0.25, 0.3) is 0 Å². The van der Waals surface area contributed by atoms with Crippen LogP contribution in [0.15, 0.2) is 30.6 Å². The number of nitrogens with one attached hydrogen (secondary N) is 1. The van der Waals surface area contributed by atoms with Gasteiger partial charge >= 0.3 is 0 Å². The lowest BCUT2D eigenvalue weighted by atomic mass is 9.84. The molecule has 150 valence electrons. The van der Waals surface area contributed by atoms with Gasteiger partial charge in [-0.05, 0) is 51.0 Å². The summed E-state index contributed by atoms with van der Waals surface area (Å²) in [6.07, 6.45) is 10.4. The van der Waals surface area contributed by atoms with Crippen molar-refractivity contribution in [2.75, 3.05) is 11.9 Å². The SMILES string of the molecule is C=C1Cc2c(-c3ccnc(NCC4CCC(N)CC4)n3)cnn2C(C)C1CC. The highest BCUT2D eigenvalue weighted by Crippen LogP contribution is 2.38.